The molecule has 0 amide bonds. The number of nitrogens with zero attached hydrogens (tertiary/aromatic N) is 1. The van der Waals surface area contributed by atoms with Crippen LogP contribution in [0.4, 0.5) is 0 Å². The van der Waals surface area contributed by atoms with E-state index >= 15 is 0 Å². The van der Waals surface area contributed by atoms with Gasteiger partial charge in [-0.05, 0) is 60.4 Å². The van der Waals surface area contributed by atoms with Crippen molar-refractivity contribution in [2.45, 2.75) is 13.8 Å². The summed E-state index contributed by atoms with van der Waals surface area (Å²) in [5.41, 5.74) is 5.27. The number of rotatable bonds is 2. The van der Waals surface area contributed by atoms with Gasteiger partial charge in [0, 0.05) is 0 Å². The van der Waals surface area contributed by atoms with Gasteiger partial charge < -0.3 is 4.74 Å². The fourth-order valence-corrected chi connectivity index (χ4v) is 2.04. The molecule has 2 aromatic rings. The van der Waals surface area contributed by atoms with Gasteiger partial charge >= 0.3 is 0 Å². The second-order valence-electron chi connectivity index (χ2n) is 4.33. The summed E-state index contributed by atoms with van der Waals surface area (Å²) < 4.78 is 5.31. The molecule has 2 rings (SSSR count). The third-order valence-electron chi connectivity index (χ3n) is 3.07. The molecular formula is C16H15NO. The second kappa shape index (κ2) is 4.93. The van der Waals surface area contributed by atoms with Crippen LogP contribution in [-0.4, -0.2) is 7.11 Å². The zero-order chi connectivity index (χ0) is 13.1. The Hall–Kier alpha value is -2.27. The molecule has 0 aliphatic heterocycles. The van der Waals surface area contributed by atoms with Crippen LogP contribution < -0.4 is 4.74 Å². The molecule has 0 aromatic heterocycles. The SMILES string of the molecule is COc1cc(C)c(-c2ccc(C#N)cc2)cc1C. The standard InChI is InChI=1S/C16H15NO/c1-11-9-16(18-3)12(2)8-15(11)14-6-4-13(10-17)5-7-14/h4-9H,1-3H3. The summed E-state index contributed by atoms with van der Waals surface area (Å²) in [7, 11) is 1.68. The maximum atomic E-state index is 8.80. The Bertz CT molecular complexity index is 606. The molecule has 0 bridgehead atoms. The van der Waals surface area contributed by atoms with Crippen molar-refractivity contribution in [3.63, 3.8) is 0 Å². The Morgan fingerprint density at radius 2 is 1.67 bits per heavy atom. The first-order valence-corrected chi connectivity index (χ1v) is 5.81. The predicted octanol–water partition coefficient (Wildman–Crippen LogP) is 3.85. The van der Waals surface area contributed by atoms with Crippen molar-refractivity contribution < 1.29 is 4.74 Å². The molecule has 18 heavy (non-hydrogen) atoms. The molecule has 0 N–H and O–H groups in total. The average Bonchev–Trinajstić information content (AvgIpc) is 2.41. The van der Waals surface area contributed by atoms with E-state index in [0.717, 1.165) is 16.9 Å². The summed E-state index contributed by atoms with van der Waals surface area (Å²) in [6, 6.07) is 13.9. The molecule has 90 valence electrons. The minimum atomic E-state index is 0.682. The minimum absolute atomic E-state index is 0.682. The zero-order valence-corrected chi connectivity index (χ0v) is 10.8. The number of hydrogen-bond donors (Lipinski definition) is 0. The first-order valence-electron chi connectivity index (χ1n) is 5.81. The van der Waals surface area contributed by atoms with Gasteiger partial charge in [-0.25, -0.2) is 0 Å². The number of methoxy groups -OCH3 is 1. The molecule has 0 heterocycles. The summed E-state index contributed by atoms with van der Waals surface area (Å²) in [6.45, 7) is 4.10. The van der Waals surface area contributed by atoms with E-state index in [1.807, 2.05) is 37.3 Å². The highest BCUT2D eigenvalue weighted by Gasteiger charge is 2.06. The Morgan fingerprint density at radius 3 is 2.22 bits per heavy atom. The van der Waals surface area contributed by atoms with Crippen molar-refractivity contribution in [3.8, 4) is 22.9 Å². The maximum absolute atomic E-state index is 8.80. The zero-order valence-electron chi connectivity index (χ0n) is 10.8. The molecule has 0 saturated heterocycles. The van der Waals surface area contributed by atoms with Gasteiger partial charge in [0.1, 0.15) is 5.75 Å². The van der Waals surface area contributed by atoms with Crippen molar-refractivity contribution in [2.24, 2.45) is 0 Å². The van der Waals surface area contributed by atoms with Crippen LogP contribution in [0.25, 0.3) is 11.1 Å². The molecule has 0 atom stereocenters. The van der Waals surface area contributed by atoms with Gasteiger partial charge in [-0.1, -0.05) is 12.1 Å². The number of nitriles is 1. The highest BCUT2D eigenvalue weighted by Crippen LogP contribution is 2.30. The molecule has 0 aliphatic rings. The first kappa shape index (κ1) is 12.2. The Morgan fingerprint density at radius 1 is 1.00 bits per heavy atom. The molecule has 0 spiro atoms. The largest absolute Gasteiger partial charge is 0.496 e. The minimum Gasteiger partial charge on any atom is -0.496 e. The summed E-state index contributed by atoms with van der Waals surface area (Å²) in [5, 5.41) is 8.80. The van der Waals surface area contributed by atoms with E-state index in [9.17, 15) is 0 Å². The van der Waals surface area contributed by atoms with Gasteiger partial charge in [0.15, 0.2) is 0 Å². The van der Waals surface area contributed by atoms with E-state index in [2.05, 4.69) is 19.1 Å². The van der Waals surface area contributed by atoms with Gasteiger partial charge in [0.2, 0.25) is 0 Å². The Balaban J connectivity index is 2.50. The fourth-order valence-electron chi connectivity index (χ4n) is 2.04. The van der Waals surface area contributed by atoms with E-state index in [0.29, 0.717) is 5.56 Å². The smallest absolute Gasteiger partial charge is 0.122 e. The molecule has 0 unspecified atom stereocenters. The van der Waals surface area contributed by atoms with Crippen LogP contribution in [0.5, 0.6) is 5.75 Å². The van der Waals surface area contributed by atoms with E-state index in [-0.39, 0.29) is 0 Å². The monoisotopic (exact) mass is 237 g/mol. The van der Waals surface area contributed by atoms with Gasteiger partial charge in [-0.3, -0.25) is 0 Å². The summed E-state index contributed by atoms with van der Waals surface area (Å²) in [4.78, 5) is 0. The topological polar surface area (TPSA) is 33.0 Å². The maximum Gasteiger partial charge on any atom is 0.122 e. The van der Waals surface area contributed by atoms with Crippen LogP contribution >= 0.6 is 0 Å². The van der Waals surface area contributed by atoms with Crippen LogP contribution in [0.1, 0.15) is 16.7 Å². The molecule has 0 fully saturated rings. The van der Waals surface area contributed by atoms with E-state index in [1.54, 1.807) is 7.11 Å². The van der Waals surface area contributed by atoms with Crippen molar-refractivity contribution in [3.05, 3.63) is 53.1 Å². The molecule has 0 radical (unpaired) electrons. The lowest BCUT2D eigenvalue weighted by molar-refractivity contribution is 0.411. The summed E-state index contributed by atoms with van der Waals surface area (Å²) in [5.74, 6) is 0.907. The molecule has 2 heteroatoms. The average molecular weight is 237 g/mol. The lowest BCUT2D eigenvalue weighted by Gasteiger charge is -2.11. The van der Waals surface area contributed by atoms with Gasteiger partial charge in [0.05, 0.1) is 18.7 Å². The van der Waals surface area contributed by atoms with Crippen LogP contribution in [0.15, 0.2) is 36.4 Å². The van der Waals surface area contributed by atoms with Crippen molar-refractivity contribution in [1.29, 1.82) is 5.26 Å². The Labute approximate surface area is 107 Å². The number of ether oxygens (including phenoxy) is 1. The molecule has 2 aromatic carbocycles. The molecule has 0 saturated carbocycles. The van der Waals surface area contributed by atoms with E-state index < -0.39 is 0 Å². The Kier molecular flexibility index (Phi) is 3.34. The number of hydrogen-bond acceptors (Lipinski definition) is 2. The van der Waals surface area contributed by atoms with Crippen molar-refractivity contribution in [2.75, 3.05) is 7.11 Å². The second-order valence-corrected chi connectivity index (χ2v) is 4.33. The third-order valence-corrected chi connectivity index (χ3v) is 3.07. The van der Waals surface area contributed by atoms with E-state index in [4.69, 9.17) is 10.00 Å². The highest BCUT2D eigenvalue weighted by atomic mass is 16.5. The quantitative estimate of drug-likeness (QED) is 0.794. The summed E-state index contributed by atoms with van der Waals surface area (Å²) in [6.07, 6.45) is 0. The van der Waals surface area contributed by atoms with Crippen LogP contribution in [-0.2, 0) is 0 Å². The van der Waals surface area contributed by atoms with Gasteiger partial charge in [-0.2, -0.15) is 5.26 Å². The van der Waals surface area contributed by atoms with Crippen molar-refractivity contribution in [1.82, 2.24) is 0 Å². The molecule has 0 aliphatic carbocycles. The summed E-state index contributed by atoms with van der Waals surface area (Å²) >= 11 is 0. The normalized spacial score (nSPS) is 9.89. The van der Waals surface area contributed by atoms with Crippen LogP contribution in [0, 0.1) is 25.2 Å². The van der Waals surface area contributed by atoms with Crippen LogP contribution in [0.2, 0.25) is 0 Å². The van der Waals surface area contributed by atoms with Crippen LogP contribution in [0.3, 0.4) is 0 Å². The first-order chi connectivity index (χ1) is 8.65. The lowest BCUT2D eigenvalue weighted by atomic mass is 9.97. The fraction of sp³-hybridized carbons (Fsp3) is 0.188. The van der Waals surface area contributed by atoms with Gasteiger partial charge in [-0.15, -0.1) is 0 Å². The predicted molar refractivity (Wildman–Crippen MR) is 72.6 cm³/mol. The molecular weight excluding hydrogens is 222 g/mol. The number of aryl methyl sites for hydroxylation is 2. The lowest BCUT2D eigenvalue weighted by Crippen LogP contribution is -1.91. The van der Waals surface area contributed by atoms with Gasteiger partial charge in [0.25, 0.3) is 0 Å². The number of benzene rings is 2. The highest BCUT2D eigenvalue weighted by molar-refractivity contribution is 5.70. The molecule has 2 nitrogen and oxygen atoms in total. The van der Waals surface area contributed by atoms with Crippen molar-refractivity contribution >= 4 is 0 Å². The van der Waals surface area contributed by atoms with E-state index in [1.165, 1.54) is 11.1 Å². The third kappa shape index (κ3) is 2.21.